The maximum absolute atomic E-state index is 11.9. The van der Waals surface area contributed by atoms with E-state index in [4.69, 9.17) is 0 Å². The van der Waals surface area contributed by atoms with Crippen molar-refractivity contribution < 1.29 is 4.79 Å². The number of carbonyl (C=O) groups is 1. The molecule has 126 valence electrons. The van der Waals surface area contributed by atoms with Crippen LogP contribution in [0.3, 0.4) is 0 Å². The molecule has 0 aromatic heterocycles. The Bertz CT molecular complexity index is 529. The molecule has 2 aliphatic rings. The first-order chi connectivity index (χ1) is 11.1. The van der Waals surface area contributed by atoms with Gasteiger partial charge < -0.3 is 4.90 Å². The van der Waals surface area contributed by atoms with Gasteiger partial charge in [0.1, 0.15) is 0 Å². The van der Waals surface area contributed by atoms with E-state index in [-0.39, 0.29) is 0 Å². The van der Waals surface area contributed by atoms with Crippen molar-refractivity contribution in [2.45, 2.75) is 52.5 Å². The van der Waals surface area contributed by atoms with Gasteiger partial charge in [0.15, 0.2) is 0 Å². The molecule has 0 bridgehead atoms. The van der Waals surface area contributed by atoms with Crippen molar-refractivity contribution in [1.29, 1.82) is 0 Å². The number of aryl methyl sites for hydroxylation is 1. The van der Waals surface area contributed by atoms with E-state index < -0.39 is 0 Å². The largest absolute Gasteiger partial charge is 0.343 e. The van der Waals surface area contributed by atoms with Crippen LogP contribution in [0.4, 0.5) is 0 Å². The number of nitrogens with zero attached hydrogens (tertiary/aromatic N) is 2. The lowest BCUT2D eigenvalue weighted by Gasteiger charge is -2.47. The van der Waals surface area contributed by atoms with E-state index in [1.165, 1.54) is 49.9 Å². The van der Waals surface area contributed by atoms with Crippen LogP contribution in [0.5, 0.6) is 0 Å². The van der Waals surface area contributed by atoms with E-state index in [1.807, 2.05) is 6.92 Å². The second-order valence-electron chi connectivity index (χ2n) is 7.53. The second-order valence-corrected chi connectivity index (χ2v) is 7.53. The number of amides is 1. The maximum atomic E-state index is 11.9. The van der Waals surface area contributed by atoms with E-state index in [0.29, 0.717) is 17.7 Å². The molecule has 1 amide bonds. The van der Waals surface area contributed by atoms with Crippen molar-refractivity contribution >= 4 is 5.91 Å². The van der Waals surface area contributed by atoms with Gasteiger partial charge in [0.2, 0.25) is 5.91 Å². The molecule has 3 rings (SSSR count). The third-order valence-electron chi connectivity index (χ3n) is 5.75. The minimum atomic E-state index is 0.326. The lowest BCUT2D eigenvalue weighted by atomic mass is 9.72. The van der Waals surface area contributed by atoms with Gasteiger partial charge in [0, 0.05) is 32.6 Å². The standard InChI is InChI=1S/C20H30N2O/c1-3-19(23)22-13-10-20(11-14-22)9-4-12-21(16-20)15-18-7-5-17(2)6-8-18/h5-8H,3-4,9-16H2,1-2H3. The van der Waals surface area contributed by atoms with Crippen LogP contribution in [0.2, 0.25) is 0 Å². The topological polar surface area (TPSA) is 23.6 Å². The molecule has 2 aliphatic heterocycles. The van der Waals surface area contributed by atoms with Crippen LogP contribution in [0.1, 0.15) is 50.2 Å². The number of hydrogen-bond donors (Lipinski definition) is 0. The second kappa shape index (κ2) is 7.04. The highest BCUT2D eigenvalue weighted by Crippen LogP contribution is 2.40. The van der Waals surface area contributed by atoms with Gasteiger partial charge >= 0.3 is 0 Å². The van der Waals surface area contributed by atoms with Crippen LogP contribution in [-0.2, 0) is 11.3 Å². The van der Waals surface area contributed by atoms with Crippen LogP contribution in [0.25, 0.3) is 0 Å². The predicted molar refractivity (Wildman–Crippen MR) is 94.2 cm³/mol. The first kappa shape index (κ1) is 16.5. The molecular formula is C20H30N2O. The normalized spacial score (nSPS) is 21.6. The Morgan fingerprint density at radius 2 is 1.78 bits per heavy atom. The van der Waals surface area contributed by atoms with Crippen molar-refractivity contribution in [3.8, 4) is 0 Å². The maximum Gasteiger partial charge on any atom is 0.222 e. The monoisotopic (exact) mass is 314 g/mol. The van der Waals surface area contributed by atoms with Gasteiger partial charge in [-0.25, -0.2) is 0 Å². The minimum absolute atomic E-state index is 0.326. The number of likely N-dealkylation sites (tertiary alicyclic amines) is 2. The third-order valence-corrected chi connectivity index (χ3v) is 5.75. The van der Waals surface area contributed by atoms with E-state index in [1.54, 1.807) is 0 Å². The Hall–Kier alpha value is -1.35. The molecule has 1 spiro atoms. The summed E-state index contributed by atoms with van der Waals surface area (Å²) in [6.07, 6.45) is 5.65. The van der Waals surface area contributed by atoms with Gasteiger partial charge in [-0.3, -0.25) is 9.69 Å². The zero-order chi connectivity index (χ0) is 16.3. The molecular weight excluding hydrogens is 284 g/mol. The Balaban J connectivity index is 1.58. The number of carbonyl (C=O) groups excluding carboxylic acids is 1. The summed E-state index contributed by atoms with van der Waals surface area (Å²) in [5, 5.41) is 0. The van der Waals surface area contributed by atoms with Crippen LogP contribution < -0.4 is 0 Å². The van der Waals surface area contributed by atoms with Crippen molar-refractivity contribution in [2.24, 2.45) is 5.41 Å². The lowest BCUT2D eigenvalue weighted by molar-refractivity contribution is -0.133. The van der Waals surface area contributed by atoms with Gasteiger partial charge in [0.25, 0.3) is 0 Å². The minimum Gasteiger partial charge on any atom is -0.343 e. The average Bonchev–Trinajstić information content (AvgIpc) is 2.57. The summed E-state index contributed by atoms with van der Waals surface area (Å²) in [6.45, 7) is 9.53. The third kappa shape index (κ3) is 3.95. The molecule has 0 radical (unpaired) electrons. The zero-order valence-electron chi connectivity index (χ0n) is 14.7. The van der Waals surface area contributed by atoms with Crippen molar-refractivity contribution in [3.05, 3.63) is 35.4 Å². The highest BCUT2D eigenvalue weighted by atomic mass is 16.2. The van der Waals surface area contributed by atoms with Crippen molar-refractivity contribution in [3.63, 3.8) is 0 Å². The lowest BCUT2D eigenvalue weighted by Crippen LogP contribution is -2.50. The Labute approximate surface area is 140 Å². The Morgan fingerprint density at radius 1 is 1.09 bits per heavy atom. The van der Waals surface area contributed by atoms with Crippen LogP contribution >= 0.6 is 0 Å². The van der Waals surface area contributed by atoms with E-state index in [2.05, 4.69) is 41.0 Å². The Morgan fingerprint density at radius 3 is 2.43 bits per heavy atom. The molecule has 1 aromatic carbocycles. The first-order valence-electron chi connectivity index (χ1n) is 9.16. The van der Waals surface area contributed by atoms with Crippen molar-refractivity contribution in [1.82, 2.24) is 9.80 Å². The molecule has 0 unspecified atom stereocenters. The molecule has 0 aliphatic carbocycles. The van der Waals surface area contributed by atoms with Gasteiger partial charge in [-0.15, -0.1) is 0 Å². The molecule has 3 heteroatoms. The predicted octanol–water partition coefficient (Wildman–Crippen LogP) is 3.61. The summed E-state index contributed by atoms with van der Waals surface area (Å²) in [7, 11) is 0. The number of piperidine rings is 2. The molecule has 2 heterocycles. The first-order valence-corrected chi connectivity index (χ1v) is 9.16. The van der Waals surface area contributed by atoms with Crippen LogP contribution in [0, 0.1) is 12.3 Å². The fourth-order valence-electron chi connectivity index (χ4n) is 4.26. The van der Waals surface area contributed by atoms with Gasteiger partial charge in [-0.2, -0.15) is 0 Å². The van der Waals surface area contributed by atoms with E-state index >= 15 is 0 Å². The molecule has 0 N–H and O–H groups in total. The smallest absolute Gasteiger partial charge is 0.222 e. The van der Waals surface area contributed by atoms with Gasteiger partial charge in [0.05, 0.1) is 0 Å². The molecule has 3 nitrogen and oxygen atoms in total. The zero-order valence-corrected chi connectivity index (χ0v) is 14.7. The molecule has 0 saturated carbocycles. The summed E-state index contributed by atoms with van der Waals surface area (Å²) in [5.74, 6) is 0.326. The number of hydrogen-bond acceptors (Lipinski definition) is 2. The van der Waals surface area contributed by atoms with E-state index in [0.717, 1.165) is 19.6 Å². The summed E-state index contributed by atoms with van der Waals surface area (Å²) in [4.78, 5) is 16.6. The number of benzene rings is 1. The van der Waals surface area contributed by atoms with Crippen molar-refractivity contribution in [2.75, 3.05) is 26.2 Å². The highest BCUT2D eigenvalue weighted by Gasteiger charge is 2.38. The molecule has 0 atom stereocenters. The quantitative estimate of drug-likeness (QED) is 0.851. The Kier molecular flexibility index (Phi) is 5.05. The molecule has 23 heavy (non-hydrogen) atoms. The fourth-order valence-corrected chi connectivity index (χ4v) is 4.26. The summed E-state index contributed by atoms with van der Waals surface area (Å²) in [6, 6.07) is 8.95. The molecule has 1 aromatic rings. The SMILES string of the molecule is CCC(=O)N1CCC2(CCCN(Cc3ccc(C)cc3)C2)CC1. The molecule has 2 saturated heterocycles. The summed E-state index contributed by atoms with van der Waals surface area (Å²) >= 11 is 0. The fraction of sp³-hybridized carbons (Fsp3) is 0.650. The van der Waals surface area contributed by atoms with E-state index in [9.17, 15) is 4.79 Å². The molecule has 2 fully saturated rings. The average molecular weight is 314 g/mol. The van der Waals surface area contributed by atoms with Gasteiger partial charge in [-0.1, -0.05) is 36.8 Å². The van der Waals surface area contributed by atoms with Gasteiger partial charge in [-0.05, 0) is 50.1 Å². The summed E-state index contributed by atoms with van der Waals surface area (Å²) in [5.41, 5.74) is 3.20. The van der Waals surface area contributed by atoms with Crippen LogP contribution in [0.15, 0.2) is 24.3 Å². The summed E-state index contributed by atoms with van der Waals surface area (Å²) < 4.78 is 0. The van der Waals surface area contributed by atoms with Crippen LogP contribution in [-0.4, -0.2) is 41.9 Å². The number of rotatable bonds is 3. The highest BCUT2D eigenvalue weighted by molar-refractivity contribution is 5.75.